The van der Waals surface area contributed by atoms with E-state index in [0.29, 0.717) is 24.5 Å². The molecule has 10 heteroatoms. The second kappa shape index (κ2) is 14.2. The monoisotopic (exact) mass is 506 g/mol. The van der Waals surface area contributed by atoms with Crippen LogP contribution in [0, 0.1) is 0 Å². The van der Waals surface area contributed by atoms with Crippen molar-refractivity contribution in [3.05, 3.63) is 102 Å². The molecule has 1 unspecified atom stereocenters. The summed E-state index contributed by atoms with van der Waals surface area (Å²) >= 11 is 0. The molecule has 0 aliphatic heterocycles. The fourth-order valence-electron chi connectivity index (χ4n) is 3.27. The molecule has 0 spiro atoms. The summed E-state index contributed by atoms with van der Waals surface area (Å²) in [5.74, 6) is -1.20. The van der Waals surface area contributed by atoms with Gasteiger partial charge in [0.1, 0.15) is 12.4 Å². The number of carboxylic acids is 1. The van der Waals surface area contributed by atoms with Crippen LogP contribution in [0.1, 0.15) is 16.7 Å². The van der Waals surface area contributed by atoms with Crippen LogP contribution in [0.25, 0.3) is 0 Å². The van der Waals surface area contributed by atoms with E-state index in [1.165, 1.54) is 12.1 Å². The summed E-state index contributed by atoms with van der Waals surface area (Å²) in [5.41, 5.74) is 7.30. The van der Waals surface area contributed by atoms with Crippen molar-refractivity contribution in [1.82, 2.24) is 21.2 Å². The molecule has 0 bridgehead atoms. The maximum atomic E-state index is 12.2. The number of aliphatic carboxylic acids is 1. The Hall–Kier alpha value is -4.41. The van der Waals surface area contributed by atoms with Gasteiger partial charge >= 0.3 is 12.0 Å². The van der Waals surface area contributed by atoms with E-state index >= 15 is 0 Å². The van der Waals surface area contributed by atoms with Crippen LogP contribution < -0.4 is 21.0 Å². The molecule has 194 valence electrons. The summed E-state index contributed by atoms with van der Waals surface area (Å²) in [6, 6.07) is 25.6. The second-order valence-electron chi connectivity index (χ2n) is 8.23. The summed E-state index contributed by atoms with van der Waals surface area (Å²) in [6.07, 6.45) is -1.27. The Labute approximate surface area is 215 Å². The Morgan fingerprint density at radius 2 is 1.49 bits per heavy atom. The largest absolute Gasteiger partial charge is 0.489 e. The normalized spacial score (nSPS) is 11.4. The number of hydroxylamine groups is 1. The summed E-state index contributed by atoms with van der Waals surface area (Å²) in [7, 11) is 1.50. The third-order valence-electron chi connectivity index (χ3n) is 5.15. The van der Waals surface area contributed by atoms with Crippen molar-refractivity contribution >= 4 is 17.9 Å². The lowest BCUT2D eigenvalue weighted by Gasteiger charge is -2.19. The quantitative estimate of drug-likeness (QED) is 0.262. The van der Waals surface area contributed by atoms with Gasteiger partial charge in [0.15, 0.2) is 6.10 Å². The van der Waals surface area contributed by atoms with E-state index in [0.717, 1.165) is 11.1 Å². The van der Waals surface area contributed by atoms with Crippen molar-refractivity contribution in [1.29, 1.82) is 0 Å². The third-order valence-corrected chi connectivity index (χ3v) is 5.15. The lowest BCUT2D eigenvalue weighted by atomic mass is 10.1. The number of urea groups is 1. The molecule has 4 N–H and O–H groups in total. The number of carbonyl (C=O) groups excluding carboxylic acids is 2. The van der Waals surface area contributed by atoms with Crippen molar-refractivity contribution in [3.63, 3.8) is 0 Å². The minimum atomic E-state index is -1.30. The third kappa shape index (κ3) is 10.0. The first kappa shape index (κ1) is 27.2. The van der Waals surface area contributed by atoms with Gasteiger partial charge in [-0.05, 0) is 28.8 Å². The number of hydrazine groups is 1. The van der Waals surface area contributed by atoms with Crippen molar-refractivity contribution in [2.75, 3.05) is 13.6 Å². The Bertz CT molecular complexity index is 1140. The number of carboxylic acid groups (broad SMARTS) is 1. The highest BCUT2D eigenvalue weighted by Crippen LogP contribution is 2.16. The van der Waals surface area contributed by atoms with Crippen LogP contribution in [0.5, 0.6) is 5.75 Å². The van der Waals surface area contributed by atoms with Crippen LogP contribution >= 0.6 is 0 Å². The lowest BCUT2D eigenvalue weighted by molar-refractivity contribution is -0.160. The molecular formula is C27H30N4O6. The van der Waals surface area contributed by atoms with Gasteiger partial charge in [-0.2, -0.15) is 0 Å². The van der Waals surface area contributed by atoms with Crippen LogP contribution in [-0.4, -0.2) is 47.7 Å². The zero-order chi connectivity index (χ0) is 26.5. The van der Waals surface area contributed by atoms with Gasteiger partial charge in [0.25, 0.3) is 5.91 Å². The first-order valence-electron chi connectivity index (χ1n) is 11.6. The minimum absolute atomic E-state index is 0.0323. The van der Waals surface area contributed by atoms with Crippen molar-refractivity contribution < 1.29 is 29.1 Å². The van der Waals surface area contributed by atoms with Crippen LogP contribution in [0.4, 0.5) is 4.79 Å². The molecule has 0 fully saturated rings. The fourth-order valence-corrected chi connectivity index (χ4v) is 3.27. The number of carbonyl (C=O) groups is 3. The highest BCUT2D eigenvalue weighted by molar-refractivity contribution is 5.79. The molecule has 3 aromatic rings. The zero-order valence-electron chi connectivity index (χ0n) is 20.4. The minimum Gasteiger partial charge on any atom is -0.489 e. The standard InChI is InChI=1S/C27H30N4O6/c1-31(29-27(35)28-17-21-8-4-2-5-9-21)18-25(32)30-37-24(26(33)34)16-20-12-14-23(15-13-20)36-19-22-10-6-3-7-11-22/h2-15,24H,16-19H2,1H3,(H,30,32)(H,33,34)(H2,28,29,35). The van der Waals surface area contributed by atoms with E-state index < -0.39 is 24.0 Å². The van der Waals surface area contributed by atoms with Crippen LogP contribution in [0.3, 0.4) is 0 Å². The van der Waals surface area contributed by atoms with Gasteiger partial charge in [0.05, 0.1) is 6.54 Å². The number of hydrogen-bond donors (Lipinski definition) is 4. The summed E-state index contributed by atoms with van der Waals surface area (Å²) in [4.78, 5) is 40.9. The molecule has 0 aliphatic carbocycles. The Kier molecular flexibility index (Phi) is 10.4. The van der Waals surface area contributed by atoms with Crippen LogP contribution in [0.2, 0.25) is 0 Å². The number of ether oxygens (including phenoxy) is 1. The fraction of sp³-hybridized carbons (Fsp3) is 0.222. The molecule has 3 amide bonds. The summed E-state index contributed by atoms with van der Waals surface area (Å²) in [6.45, 7) is 0.500. The van der Waals surface area contributed by atoms with E-state index in [-0.39, 0.29) is 13.0 Å². The number of amides is 3. The number of rotatable bonds is 13. The number of hydrogen-bond acceptors (Lipinski definition) is 6. The van der Waals surface area contributed by atoms with Gasteiger partial charge in [0, 0.05) is 20.0 Å². The molecule has 0 saturated heterocycles. The second-order valence-corrected chi connectivity index (χ2v) is 8.23. The Balaban J connectivity index is 1.39. The molecule has 0 heterocycles. The highest BCUT2D eigenvalue weighted by Gasteiger charge is 2.21. The maximum absolute atomic E-state index is 12.2. The van der Waals surface area contributed by atoms with Gasteiger partial charge in [-0.15, -0.1) is 0 Å². The first-order valence-corrected chi connectivity index (χ1v) is 11.6. The summed E-state index contributed by atoms with van der Waals surface area (Å²) < 4.78 is 5.74. The smallest absolute Gasteiger partial charge is 0.335 e. The maximum Gasteiger partial charge on any atom is 0.335 e. The van der Waals surface area contributed by atoms with E-state index in [1.54, 1.807) is 24.3 Å². The Morgan fingerprint density at radius 3 is 2.11 bits per heavy atom. The number of benzene rings is 3. The van der Waals surface area contributed by atoms with Gasteiger partial charge in [-0.3, -0.25) is 15.1 Å². The van der Waals surface area contributed by atoms with E-state index in [2.05, 4.69) is 16.2 Å². The topological polar surface area (TPSA) is 129 Å². The molecule has 10 nitrogen and oxygen atoms in total. The number of nitrogens with one attached hydrogen (secondary N) is 3. The first-order chi connectivity index (χ1) is 17.9. The van der Waals surface area contributed by atoms with E-state index in [1.807, 2.05) is 60.7 Å². The molecule has 0 saturated carbocycles. The van der Waals surface area contributed by atoms with E-state index in [4.69, 9.17) is 9.57 Å². The molecule has 3 aromatic carbocycles. The Morgan fingerprint density at radius 1 is 0.865 bits per heavy atom. The predicted molar refractivity (Wildman–Crippen MR) is 136 cm³/mol. The van der Waals surface area contributed by atoms with Crippen LogP contribution in [-0.2, 0) is 34.0 Å². The van der Waals surface area contributed by atoms with Gasteiger partial charge in [0.2, 0.25) is 0 Å². The van der Waals surface area contributed by atoms with Gasteiger partial charge in [-0.25, -0.2) is 20.1 Å². The highest BCUT2D eigenvalue weighted by atomic mass is 16.7. The average molecular weight is 507 g/mol. The van der Waals surface area contributed by atoms with Crippen molar-refractivity contribution in [2.24, 2.45) is 0 Å². The SMILES string of the molecule is CN(CC(=O)NOC(Cc1ccc(OCc2ccccc2)cc1)C(=O)O)NC(=O)NCc1ccccc1. The van der Waals surface area contributed by atoms with Crippen molar-refractivity contribution in [3.8, 4) is 5.75 Å². The predicted octanol–water partition coefficient (Wildman–Crippen LogP) is 2.66. The number of nitrogens with zero attached hydrogens (tertiary/aromatic N) is 1. The molecule has 0 aromatic heterocycles. The van der Waals surface area contributed by atoms with Crippen LogP contribution in [0.15, 0.2) is 84.9 Å². The average Bonchev–Trinajstić information content (AvgIpc) is 2.90. The molecule has 37 heavy (non-hydrogen) atoms. The van der Waals surface area contributed by atoms with Crippen molar-refractivity contribution in [2.45, 2.75) is 25.7 Å². The molecule has 1 atom stereocenters. The molecular weight excluding hydrogens is 476 g/mol. The van der Waals surface area contributed by atoms with Gasteiger partial charge in [-0.1, -0.05) is 72.8 Å². The molecule has 0 aliphatic rings. The summed E-state index contributed by atoms with van der Waals surface area (Å²) in [5, 5.41) is 13.4. The van der Waals surface area contributed by atoms with Gasteiger partial charge < -0.3 is 15.2 Å². The van der Waals surface area contributed by atoms with E-state index in [9.17, 15) is 19.5 Å². The molecule has 3 rings (SSSR count). The number of likely N-dealkylation sites (N-methyl/N-ethyl adjacent to an activating group) is 1. The molecule has 0 radical (unpaired) electrons. The lowest BCUT2D eigenvalue weighted by Crippen LogP contribution is -2.49. The zero-order valence-corrected chi connectivity index (χ0v) is 20.4.